The summed E-state index contributed by atoms with van der Waals surface area (Å²) < 4.78 is 57.0. The van der Waals surface area contributed by atoms with Gasteiger partial charge in [-0.15, -0.1) is 0 Å². The van der Waals surface area contributed by atoms with Crippen molar-refractivity contribution in [2.45, 2.75) is 26.4 Å². The fourth-order valence-electron chi connectivity index (χ4n) is 1.31. The Bertz CT molecular complexity index is 506. The molecule has 0 aromatic carbocycles. The maximum atomic E-state index is 13.2. The van der Waals surface area contributed by atoms with Crippen molar-refractivity contribution in [3.05, 3.63) is 23.5 Å². The van der Waals surface area contributed by atoms with E-state index >= 15 is 0 Å². The van der Waals surface area contributed by atoms with Crippen LogP contribution in [0.1, 0.15) is 20.8 Å². The second-order valence-electron chi connectivity index (χ2n) is 5.05. The smallest absolute Gasteiger partial charge is 0.407 e. The van der Waals surface area contributed by atoms with Crippen molar-refractivity contribution >= 4 is 11.8 Å². The molecule has 0 atom stereocenters. The van der Waals surface area contributed by atoms with Gasteiger partial charge in [-0.05, 0) is 20.8 Å². The normalized spacial score (nSPS) is 11.2. The molecule has 118 valence electrons. The lowest BCUT2D eigenvalue weighted by Gasteiger charge is -2.19. The Labute approximate surface area is 118 Å². The van der Waals surface area contributed by atoms with Gasteiger partial charge in [0.1, 0.15) is 11.3 Å². The van der Waals surface area contributed by atoms with E-state index in [2.05, 4.69) is 15.6 Å². The Balaban J connectivity index is 2.52. The van der Waals surface area contributed by atoms with Crippen molar-refractivity contribution in [2.75, 3.05) is 18.4 Å². The molecule has 0 saturated heterocycles. The minimum atomic E-state index is -1.75. The Morgan fingerprint density at radius 2 is 1.62 bits per heavy atom. The van der Waals surface area contributed by atoms with Crippen LogP contribution < -0.4 is 10.6 Å². The van der Waals surface area contributed by atoms with Crippen molar-refractivity contribution in [3.63, 3.8) is 0 Å². The minimum absolute atomic E-state index is 0.0701. The second-order valence-corrected chi connectivity index (χ2v) is 5.05. The Hall–Kier alpha value is -2.06. The Kier molecular flexibility index (Phi) is 5.34. The van der Waals surface area contributed by atoms with Gasteiger partial charge in [0, 0.05) is 13.1 Å². The predicted octanol–water partition coefficient (Wildman–Crippen LogP) is 2.57. The lowest BCUT2D eigenvalue weighted by Crippen LogP contribution is -2.35. The summed E-state index contributed by atoms with van der Waals surface area (Å²) >= 11 is 0. The van der Waals surface area contributed by atoms with E-state index in [1.165, 1.54) is 0 Å². The van der Waals surface area contributed by atoms with Gasteiger partial charge in [0.25, 0.3) is 11.9 Å². The third kappa shape index (κ3) is 5.09. The SMILES string of the molecule is CC(C)(C)OC(=O)NCCNc1c(F)c(F)nc(F)c1F. The zero-order valence-electron chi connectivity index (χ0n) is 11.7. The van der Waals surface area contributed by atoms with Crippen LogP contribution in [0.3, 0.4) is 0 Å². The standard InChI is InChI=1S/C12H15F4N3O2/c1-12(2,3)21-11(20)18-5-4-17-8-6(13)9(15)19-10(16)7(8)14/h4-5H2,1-3H3,(H,17,19)(H,18,20). The second kappa shape index (κ2) is 6.59. The summed E-state index contributed by atoms with van der Waals surface area (Å²) in [7, 11) is 0. The number of carbonyl (C=O) groups is 1. The summed E-state index contributed by atoms with van der Waals surface area (Å²) in [6.45, 7) is 4.75. The molecular formula is C12H15F4N3O2. The average molecular weight is 309 g/mol. The third-order valence-corrected chi connectivity index (χ3v) is 2.09. The zero-order chi connectivity index (χ0) is 16.2. The van der Waals surface area contributed by atoms with Gasteiger partial charge >= 0.3 is 6.09 Å². The molecule has 1 aromatic heterocycles. The fourth-order valence-corrected chi connectivity index (χ4v) is 1.31. The highest BCUT2D eigenvalue weighted by molar-refractivity contribution is 5.67. The maximum absolute atomic E-state index is 13.2. The average Bonchev–Trinajstić information content (AvgIpc) is 2.33. The molecule has 0 unspecified atom stereocenters. The number of amides is 1. The van der Waals surface area contributed by atoms with Gasteiger partial charge in [-0.2, -0.15) is 22.5 Å². The number of hydrogen-bond acceptors (Lipinski definition) is 4. The molecule has 1 rings (SSSR count). The lowest BCUT2D eigenvalue weighted by molar-refractivity contribution is 0.0530. The summed E-state index contributed by atoms with van der Waals surface area (Å²) in [5, 5.41) is 4.45. The van der Waals surface area contributed by atoms with Crippen LogP contribution in [-0.4, -0.2) is 29.8 Å². The van der Waals surface area contributed by atoms with E-state index in [9.17, 15) is 22.4 Å². The van der Waals surface area contributed by atoms with Crippen LogP contribution in [0, 0.1) is 23.5 Å². The maximum Gasteiger partial charge on any atom is 0.407 e. The summed E-state index contributed by atoms with van der Waals surface area (Å²) in [5.41, 5.74) is -1.67. The van der Waals surface area contributed by atoms with E-state index < -0.39 is 40.9 Å². The number of anilines is 1. The summed E-state index contributed by atoms with van der Waals surface area (Å²) in [4.78, 5) is 13.7. The predicted molar refractivity (Wildman–Crippen MR) is 66.8 cm³/mol. The highest BCUT2D eigenvalue weighted by Gasteiger charge is 2.20. The van der Waals surface area contributed by atoms with Crippen LogP contribution in [0.5, 0.6) is 0 Å². The molecule has 5 nitrogen and oxygen atoms in total. The quantitative estimate of drug-likeness (QED) is 0.510. The molecule has 9 heteroatoms. The van der Waals surface area contributed by atoms with Gasteiger partial charge in [0.15, 0.2) is 0 Å². The van der Waals surface area contributed by atoms with Gasteiger partial charge in [-0.25, -0.2) is 4.79 Å². The number of alkyl carbamates (subject to hydrolysis) is 1. The largest absolute Gasteiger partial charge is 0.444 e. The van der Waals surface area contributed by atoms with Crippen molar-refractivity contribution in [1.29, 1.82) is 0 Å². The first-order valence-electron chi connectivity index (χ1n) is 6.02. The lowest BCUT2D eigenvalue weighted by atomic mass is 10.2. The van der Waals surface area contributed by atoms with Crippen LogP contribution in [0.25, 0.3) is 0 Å². The summed E-state index contributed by atoms with van der Waals surface area (Å²) in [5.74, 6) is -6.77. The van der Waals surface area contributed by atoms with Gasteiger partial charge in [0.2, 0.25) is 11.6 Å². The van der Waals surface area contributed by atoms with Gasteiger partial charge in [-0.1, -0.05) is 0 Å². The molecular weight excluding hydrogens is 294 g/mol. The number of aromatic nitrogens is 1. The Morgan fingerprint density at radius 1 is 1.10 bits per heavy atom. The van der Waals surface area contributed by atoms with Crippen LogP contribution in [-0.2, 0) is 4.74 Å². The van der Waals surface area contributed by atoms with E-state index in [-0.39, 0.29) is 13.1 Å². The molecule has 1 amide bonds. The van der Waals surface area contributed by atoms with Crippen LogP contribution in [0.4, 0.5) is 28.0 Å². The molecule has 0 aliphatic rings. The molecule has 0 aliphatic heterocycles. The number of rotatable bonds is 4. The third-order valence-electron chi connectivity index (χ3n) is 2.09. The van der Waals surface area contributed by atoms with Crippen molar-refractivity contribution < 1.29 is 27.1 Å². The van der Waals surface area contributed by atoms with E-state index in [0.29, 0.717) is 0 Å². The number of nitrogens with one attached hydrogen (secondary N) is 2. The molecule has 1 heterocycles. The number of ether oxygens (including phenoxy) is 1. The van der Waals surface area contributed by atoms with E-state index in [1.54, 1.807) is 20.8 Å². The molecule has 0 spiro atoms. The van der Waals surface area contributed by atoms with E-state index in [0.717, 1.165) is 0 Å². The number of halogens is 4. The molecule has 0 aliphatic carbocycles. The Morgan fingerprint density at radius 3 is 2.10 bits per heavy atom. The van der Waals surface area contributed by atoms with Crippen molar-refractivity contribution in [3.8, 4) is 0 Å². The highest BCUT2D eigenvalue weighted by Crippen LogP contribution is 2.21. The first-order chi connectivity index (χ1) is 9.61. The van der Waals surface area contributed by atoms with Gasteiger partial charge < -0.3 is 15.4 Å². The van der Waals surface area contributed by atoms with E-state index in [1.807, 2.05) is 0 Å². The fraction of sp³-hybridized carbons (Fsp3) is 0.500. The highest BCUT2D eigenvalue weighted by atomic mass is 19.2. The van der Waals surface area contributed by atoms with Gasteiger partial charge in [0.05, 0.1) is 0 Å². The molecule has 0 radical (unpaired) electrons. The zero-order valence-corrected chi connectivity index (χ0v) is 11.7. The summed E-state index contributed by atoms with van der Waals surface area (Å²) in [6.07, 6.45) is -0.725. The molecule has 1 aromatic rings. The molecule has 0 saturated carbocycles. The van der Waals surface area contributed by atoms with E-state index in [4.69, 9.17) is 4.74 Å². The minimum Gasteiger partial charge on any atom is -0.444 e. The molecule has 21 heavy (non-hydrogen) atoms. The van der Waals surface area contributed by atoms with Crippen LogP contribution in [0.2, 0.25) is 0 Å². The van der Waals surface area contributed by atoms with Crippen molar-refractivity contribution in [2.24, 2.45) is 0 Å². The number of nitrogens with zero attached hydrogens (tertiary/aromatic N) is 1. The number of pyridine rings is 1. The monoisotopic (exact) mass is 309 g/mol. The number of carbonyl (C=O) groups excluding carboxylic acids is 1. The van der Waals surface area contributed by atoms with Crippen molar-refractivity contribution in [1.82, 2.24) is 10.3 Å². The van der Waals surface area contributed by atoms with Crippen LogP contribution >= 0.6 is 0 Å². The number of hydrogen-bond donors (Lipinski definition) is 2. The molecule has 0 bridgehead atoms. The van der Waals surface area contributed by atoms with Crippen LogP contribution in [0.15, 0.2) is 0 Å². The molecule has 2 N–H and O–H groups in total. The first-order valence-corrected chi connectivity index (χ1v) is 6.02. The summed E-state index contributed by atoms with van der Waals surface area (Å²) in [6, 6.07) is 0. The topological polar surface area (TPSA) is 63.2 Å². The van der Waals surface area contributed by atoms with Gasteiger partial charge in [-0.3, -0.25) is 0 Å². The first kappa shape index (κ1) is 17.0. The molecule has 0 fully saturated rings.